The lowest BCUT2D eigenvalue weighted by Crippen LogP contribution is -2.16. The van der Waals surface area contributed by atoms with Crippen LogP contribution in [0.3, 0.4) is 0 Å². The molecule has 102 valence electrons. The molecule has 3 rings (SSSR count). The van der Waals surface area contributed by atoms with Crippen molar-refractivity contribution in [2.45, 2.75) is 18.9 Å². The maximum atomic E-state index is 6.32. The van der Waals surface area contributed by atoms with E-state index in [4.69, 9.17) is 5.73 Å². The Morgan fingerprint density at radius 1 is 1.05 bits per heavy atom. The fourth-order valence-electron chi connectivity index (χ4n) is 2.59. The Balaban J connectivity index is 1.79. The molecule has 1 atom stereocenters. The SMILES string of the molecule is Cn1c(C(N)CCc2ccccc2)nc2ccccc21. The van der Waals surface area contributed by atoms with Gasteiger partial charge in [0.05, 0.1) is 17.1 Å². The van der Waals surface area contributed by atoms with Crippen molar-refractivity contribution in [2.75, 3.05) is 0 Å². The molecule has 0 radical (unpaired) electrons. The van der Waals surface area contributed by atoms with Crippen molar-refractivity contribution in [3.8, 4) is 0 Å². The summed E-state index contributed by atoms with van der Waals surface area (Å²) in [4.78, 5) is 4.66. The van der Waals surface area contributed by atoms with Crippen molar-refractivity contribution in [3.63, 3.8) is 0 Å². The molecule has 1 unspecified atom stereocenters. The highest BCUT2D eigenvalue weighted by molar-refractivity contribution is 5.75. The van der Waals surface area contributed by atoms with Crippen LogP contribution in [0.5, 0.6) is 0 Å². The van der Waals surface area contributed by atoms with Crippen LogP contribution >= 0.6 is 0 Å². The Morgan fingerprint density at radius 3 is 2.50 bits per heavy atom. The molecule has 0 aliphatic carbocycles. The molecule has 2 aromatic carbocycles. The molecule has 0 bridgehead atoms. The summed E-state index contributed by atoms with van der Waals surface area (Å²) >= 11 is 0. The molecular weight excluding hydrogens is 246 g/mol. The predicted octanol–water partition coefficient (Wildman–Crippen LogP) is 3.21. The van der Waals surface area contributed by atoms with Gasteiger partial charge in [-0.05, 0) is 30.5 Å². The van der Waals surface area contributed by atoms with Crippen molar-refractivity contribution in [3.05, 3.63) is 66.0 Å². The second-order valence-electron chi connectivity index (χ2n) is 5.15. The minimum atomic E-state index is -0.0346. The Morgan fingerprint density at radius 2 is 1.75 bits per heavy atom. The second kappa shape index (κ2) is 5.47. The summed E-state index contributed by atoms with van der Waals surface area (Å²) < 4.78 is 2.10. The van der Waals surface area contributed by atoms with Gasteiger partial charge in [0.15, 0.2) is 0 Å². The molecule has 0 saturated carbocycles. The van der Waals surface area contributed by atoms with Gasteiger partial charge in [-0.1, -0.05) is 42.5 Å². The highest BCUT2D eigenvalue weighted by Crippen LogP contribution is 2.21. The van der Waals surface area contributed by atoms with Gasteiger partial charge in [-0.25, -0.2) is 4.98 Å². The van der Waals surface area contributed by atoms with Crippen molar-refractivity contribution in [2.24, 2.45) is 12.8 Å². The van der Waals surface area contributed by atoms with E-state index in [1.54, 1.807) is 0 Å². The highest BCUT2D eigenvalue weighted by Gasteiger charge is 2.14. The van der Waals surface area contributed by atoms with Gasteiger partial charge in [-0.3, -0.25) is 0 Å². The lowest BCUT2D eigenvalue weighted by Gasteiger charge is -2.11. The molecular formula is C17H19N3. The first-order valence-corrected chi connectivity index (χ1v) is 6.96. The van der Waals surface area contributed by atoms with Gasteiger partial charge in [0.25, 0.3) is 0 Å². The maximum absolute atomic E-state index is 6.32. The highest BCUT2D eigenvalue weighted by atomic mass is 15.1. The van der Waals surface area contributed by atoms with Crippen LogP contribution in [-0.4, -0.2) is 9.55 Å². The van der Waals surface area contributed by atoms with Crippen molar-refractivity contribution >= 4 is 11.0 Å². The number of para-hydroxylation sites is 2. The summed E-state index contributed by atoms with van der Waals surface area (Å²) in [5.74, 6) is 0.960. The van der Waals surface area contributed by atoms with Crippen LogP contribution in [0.1, 0.15) is 23.9 Å². The minimum Gasteiger partial charge on any atom is -0.330 e. The number of aryl methyl sites for hydroxylation is 2. The molecule has 0 fully saturated rings. The van der Waals surface area contributed by atoms with Gasteiger partial charge in [0, 0.05) is 7.05 Å². The lowest BCUT2D eigenvalue weighted by molar-refractivity contribution is 0.592. The van der Waals surface area contributed by atoms with E-state index < -0.39 is 0 Å². The molecule has 2 N–H and O–H groups in total. The fraction of sp³-hybridized carbons (Fsp3) is 0.235. The Bertz CT molecular complexity index is 701. The number of benzene rings is 2. The number of hydrogen-bond donors (Lipinski definition) is 1. The van der Waals surface area contributed by atoms with Crippen molar-refractivity contribution < 1.29 is 0 Å². The molecule has 1 heterocycles. The molecule has 3 aromatic rings. The zero-order chi connectivity index (χ0) is 13.9. The fourth-order valence-corrected chi connectivity index (χ4v) is 2.59. The first-order valence-electron chi connectivity index (χ1n) is 6.96. The van der Waals surface area contributed by atoms with Crippen LogP contribution in [0.4, 0.5) is 0 Å². The van der Waals surface area contributed by atoms with Gasteiger partial charge >= 0.3 is 0 Å². The Kier molecular flexibility index (Phi) is 3.52. The monoisotopic (exact) mass is 265 g/mol. The molecule has 0 saturated heterocycles. The zero-order valence-electron chi connectivity index (χ0n) is 11.7. The minimum absolute atomic E-state index is 0.0346. The van der Waals surface area contributed by atoms with Crippen LogP contribution < -0.4 is 5.73 Å². The summed E-state index contributed by atoms with van der Waals surface area (Å²) in [7, 11) is 2.03. The standard InChI is InChI=1S/C17H19N3/c1-20-16-10-6-5-9-15(16)19-17(20)14(18)12-11-13-7-3-2-4-8-13/h2-10,14H,11-12,18H2,1H3. The number of nitrogens with zero attached hydrogens (tertiary/aromatic N) is 2. The average molecular weight is 265 g/mol. The summed E-state index contributed by atoms with van der Waals surface area (Å²) in [5.41, 5.74) is 9.80. The molecule has 3 nitrogen and oxygen atoms in total. The molecule has 0 aliphatic heterocycles. The number of rotatable bonds is 4. The van der Waals surface area contributed by atoms with Gasteiger partial charge in [-0.2, -0.15) is 0 Å². The van der Waals surface area contributed by atoms with E-state index in [9.17, 15) is 0 Å². The third kappa shape index (κ3) is 2.45. The van der Waals surface area contributed by atoms with E-state index in [1.165, 1.54) is 5.56 Å². The third-order valence-electron chi connectivity index (χ3n) is 3.74. The molecule has 0 aliphatic rings. The van der Waals surface area contributed by atoms with Crippen LogP contribution in [0.25, 0.3) is 11.0 Å². The smallest absolute Gasteiger partial charge is 0.126 e. The summed E-state index contributed by atoms with van der Waals surface area (Å²) in [6.45, 7) is 0. The first-order chi connectivity index (χ1) is 9.75. The van der Waals surface area contributed by atoms with Crippen LogP contribution in [0, 0.1) is 0 Å². The largest absolute Gasteiger partial charge is 0.330 e. The van der Waals surface area contributed by atoms with E-state index in [1.807, 2.05) is 31.3 Å². The van der Waals surface area contributed by atoms with Gasteiger partial charge in [-0.15, -0.1) is 0 Å². The Hall–Kier alpha value is -2.13. The van der Waals surface area contributed by atoms with Crippen LogP contribution in [0.15, 0.2) is 54.6 Å². The molecule has 3 heteroatoms. The second-order valence-corrected chi connectivity index (χ2v) is 5.15. The topological polar surface area (TPSA) is 43.8 Å². The number of aromatic nitrogens is 2. The predicted molar refractivity (Wildman–Crippen MR) is 82.4 cm³/mol. The maximum Gasteiger partial charge on any atom is 0.126 e. The van der Waals surface area contributed by atoms with Crippen molar-refractivity contribution in [1.82, 2.24) is 9.55 Å². The number of fused-ring (bicyclic) bond motifs is 1. The first kappa shape index (κ1) is 12.9. The number of imidazole rings is 1. The third-order valence-corrected chi connectivity index (χ3v) is 3.74. The van der Waals surface area contributed by atoms with Crippen LogP contribution in [0.2, 0.25) is 0 Å². The van der Waals surface area contributed by atoms with E-state index >= 15 is 0 Å². The van der Waals surface area contributed by atoms with E-state index in [0.29, 0.717) is 0 Å². The van der Waals surface area contributed by atoms with Crippen molar-refractivity contribution in [1.29, 1.82) is 0 Å². The van der Waals surface area contributed by atoms with Gasteiger partial charge in [0.2, 0.25) is 0 Å². The van der Waals surface area contributed by atoms with E-state index in [0.717, 1.165) is 29.7 Å². The molecule has 0 amide bonds. The van der Waals surface area contributed by atoms with Gasteiger partial charge < -0.3 is 10.3 Å². The summed E-state index contributed by atoms with van der Waals surface area (Å²) in [6, 6.07) is 18.6. The molecule has 1 aromatic heterocycles. The number of nitrogens with two attached hydrogens (primary N) is 1. The summed E-state index contributed by atoms with van der Waals surface area (Å²) in [5, 5.41) is 0. The Labute approximate surface area is 119 Å². The average Bonchev–Trinajstić information content (AvgIpc) is 2.84. The van der Waals surface area contributed by atoms with Gasteiger partial charge in [0.1, 0.15) is 5.82 Å². The molecule has 0 spiro atoms. The molecule has 20 heavy (non-hydrogen) atoms. The van der Waals surface area contributed by atoms with E-state index in [-0.39, 0.29) is 6.04 Å². The summed E-state index contributed by atoms with van der Waals surface area (Å²) in [6.07, 6.45) is 1.88. The van der Waals surface area contributed by atoms with E-state index in [2.05, 4.69) is 39.9 Å². The number of hydrogen-bond acceptors (Lipinski definition) is 2. The lowest BCUT2D eigenvalue weighted by atomic mass is 10.1. The zero-order valence-corrected chi connectivity index (χ0v) is 11.7. The normalized spacial score (nSPS) is 12.7. The quantitative estimate of drug-likeness (QED) is 0.787. The van der Waals surface area contributed by atoms with Crippen LogP contribution in [-0.2, 0) is 13.5 Å².